The first-order valence-corrected chi connectivity index (χ1v) is 8.69. The Morgan fingerprint density at radius 2 is 1.96 bits per heavy atom. The minimum absolute atomic E-state index is 0.181. The van der Waals surface area contributed by atoms with Gasteiger partial charge in [0.15, 0.2) is 6.10 Å². The normalized spacial score (nSPS) is 15.5. The van der Waals surface area contributed by atoms with Gasteiger partial charge in [0, 0.05) is 19.5 Å². The second kappa shape index (κ2) is 7.83. The Morgan fingerprint density at radius 1 is 1.23 bits per heavy atom. The molecule has 5 nitrogen and oxygen atoms in total. The van der Waals surface area contributed by atoms with Gasteiger partial charge in [-0.25, -0.2) is 4.79 Å². The molecule has 1 aliphatic rings. The summed E-state index contributed by atoms with van der Waals surface area (Å²) in [7, 11) is 0. The molecular weight excluding hydrogens is 328 g/mol. The number of hydrogen-bond donors (Lipinski definition) is 0. The molecule has 0 bridgehead atoms. The Balaban J connectivity index is 1.76. The van der Waals surface area contributed by atoms with E-state index >= 15 is 0 Å². The van der Waals surface area contributed by atoms with Crippen LogP contribution < -0.4 is 0 Å². The molecule has 26 heavy (non-hydrogen) atoms. The average Bonchev–Trinajstić information content (AvgIpc) is 2.67. The first kappa shape index (κ1) is 17.7. The largest absolute Gasteiger partial charge is 0.448 e. The molecule has 0 fully saturated rings. The van der Waals surface area contributed by atoms with E-state index in [2.05, 4.69) is 6.07 Å². The number of benzene rings is 2. The predicted molar refractivity (Wildman–Crippen MR) is 96.2 cm³/mol. The van der Waals surface area contributed by atoms with Crippen molar-refractivity contribution in [3.63, 3.8) is 0 Å². The van der Waals surface area contributed by atoms with Gasteiger partial charge in [0.25, 0.3) is 5.91 Å². The van der Waals surface area contributed by atoms with Gasteiger partial charge < -0.3 is 9.64 Å². The number of amides is 1. The average molecular weight is 348 g/mol. The summed E-state index contributed by atoms with van der Waals surface area (Å²) in [5.41, 5.74) is 2.90. The van der Waals surface area contributed by atoms with Crippen LogP contribution in [0.4, 0.5) is 0 Å². The molecule has 0 aliphatic carbocycles. The number of carbonyl (C=O) groups is 2. The Morgan fingerprint density at radius 3 is 2.65 bits per heavy atom. The van der Waals surface area contributed by atoms with Crippen LogP contribution in [0.3, 0.4) is 0 Å². The van der Waals surface area contributed by atoms with Gasteiger partial charge in [-0.05, 0) is 35.7 Å². The van der Waals surface area contributed by atoms with Crippen molar-refractivity contribution in [3.8, 4) is 6.07 Å². The third kappa shape index (κ3) is 3.75. The predicted octanol–water partition coefficient (Wildman–Crippen LogP) is 3.08. The molecule has 0 spiro atoms. The van der Waals surface area contributed by atoms with E-state index in [-0.39, 0.29) is 5.91 Å². The molecule has 1 atom stereocenters. The minimum Gasteiger partial charge on any atom is -0.448 e. The summed E-state index contributed by atoms with van der Waals surface area (Å²) in [6, 6.07) is 16.5. The molecule has 0 radical (unpaired) electrons. The number of fused-ring (bicyclic) bond motifs is 1. The molecule has 0 saturated heterocycles. The highest BCUT2D eigenvalue weighted by Crippen LogP contribution is 2.22. The second-order valence-corrected chi connectivity index (χ2v) is 6.32. The van der Waals surface area contributed by atoms with Gasteiger partial charge >= 0.3 is 5.97 Å². The van der Waals surface area contributed by atoms with Gasteiger partial charge in [-0.3, -0.25) is 4.79 Å². The lowest BCUT2D eigenvalue weighted by Gasteiger charge is -2.30. The highest BCUT2D eigenvalue weighted by atomic mass is 16.5. The molecule has 1 aliphatic heterocycles. The topological polar surface area (TPSA) is 70.4 Å². The molecule has 1 amide bonds. The second-order valence-electron chi connectivity index (χ2n) is 6.32. The van der Waals surface area contributed by atoms with Crippen LogP contribution >= 0.6 is 0 Å². The summed E-state index contributed by atoms with van der Waals surface area (Å²) in [6.45, 7) is 3.00. The minimum atomic E-state index is -0.790. The zero-order valence-corrected chi connectivity index (χ0v) is 14.6. The van der Waals surface area contributed by atoms with Crippen LogP contribution in [0, 0.1) is 11.3 Å². The fourth-order valence-electron chi connectivity index (χ4n) is 3.12. The van der Waals surface area contributed by atoms with E-state index in [1.807, 2.05) is 31.2 Å². The summed E-state index contributed by atoms with van der Waals surface area (Å²) in [5.74, 6) is -0.626. The number of esters is 1. The van der Waals surface area contributed by atoms with E-state index in [0.717, 1.165) is 17.5 Å². The lowest BCUT2D eigenvalue weighted by Crippen LogP contribution is -2.44. The molecular formula is C21H20N2O3. The first-order chi connectivity index (χ1) is 12.6. The van der Waals surface area contributed by atoms with Crippen molar-refractivity contribution in [2.24, 2.45) is 0 Å². The van der Waals surface area contributed by atoms with Gasteiger partial charge in [0.1, 0.15) is 0 Å². The maximum Gasteiger partial charge on any atom is 0.339 e. The highest BCUT2D eigenvalue weighted by Gasteiger charge is 2.33. The third-order valence-corrected chi connectivity index (χ3v) is 4.43. The zero-order chi connectivity index (χ0) is 18.5. The number of nitrogens with zero attached hydrogens (tertiary/aromatic N) is 2. The van der Waals surface area contributed by atoms with Gasteiger partial charge in [0.05, 0.1) is 17.2 Å². The lowest BCUT2D eigenvalue weighted by molar-refractivity contribution is -0.141. The van der Waals surface area contributed by atoms with E-state index in [1.165, 1.54) is 0 Å². The van der Waals surface area contributed by atoms with E-state index in [9.17, 15) is 9.59 Å². The number of rotatable bonds is 5. The molecule has 1 heterocycles. The van der Waals surface area contributed by atoms with E-state index < -0.39 is 12.1 Å². The quantitative estimate of drug-likeness (QED) is 0.779. The van der Waals surface area contributed by atoms with E-state index in [1.54, 1.807) is 29.2 Å². The number of carbonyl (C=O) groups excluding carboxylic acids is 2. The molecule has 1 unspecified atom stereocenters. The van der Waals surface area contributed by atoms with Crippen molar-refractivity contribution in [3.05, 3.63) is 70.8 Å². The molecule has 3 rings (SSSR count). The van der Waals surface area contributed by atoms with Crippen molar-refractivity contribution < 1.29 is 14.3 Å². The molecule has 0 aromatic heterocycles. The fraction of sp³-hybridized carbons (Fsp3) is 0.286. The molecule has 2 aromatic rings. The summed E-state index contributed by atoms with van der Waals surface area (Å²) >= 11 is 0. The summed E-state index contributed by atoms with van der Waals surface area (Å²) in [5, 5.41) is 8.89. The molecule has 2 aromatic carbocycles. The smallest absolute Gasteiger partial charge is 0.339 e. The highest BCUT2D eigenvalue weighted by molar-refractivity contribution is 5.95. The molecule has 132 valence electrons. The summed E-state index contributed by atoms with van der Waals surface area (Å²) in [6.07, 6.45) is 0.412. The molecule has 0 saturated carbocycles. The molecule has 0 N–H and O–H groups in total. The Labute approximate surface area is 152 Å². The lowest BCUT2D eigenvalue weighted by atomic mass is 9.98. The van der Waals surface area contributed by atoms with Crippen LogP contribution in [0.1, 0.15) is 40.4 Å². The molecule has 5 heteroatoms. The van der Waals surface area contributed by atoms with Crippen molar-refractivity contribution in [1.82, 2.24) is 4.90 Å². The standard InChI is InChI=1S/C21H20N2O3/c1-2-11-23(14-16-9-7-15(13-22)8-10-16)20(24)19-12-17-5-3-4-6-18(17)21(25)26-19/h3-10,19H,2,11-12,14H2,1H3. The van der Waals surface area contributed by atoms with Crippen LogP contribution in [0.5, 0.6) is 0 Å². The van der Waals surface area contributed by atoms with Crippen LogP contribution in [0.2, 0.25) is 0 Å². The van der Waals surface area contributed by atoms with Gasteiger partial charge in [-0.15, -0.1) is 0 Å². The number of hydrogen-bond acceptors (Lipinski definition) is 4. The van der Waals surface area contributed by atoms with Crippen LogP contribution in [-0.4, -0.2) is 29.4 Å². The van der Waals surface area contributed by atoms with Crippen molar-refractivity contribution in [2.75, 3.05) is 6.54 Å². The van der Waals surface area contributed by atoms with Crippen molar-refractivity contribution in [2.45, 2.75) is 32.4 Å². The van der Waals surface area contributed by atoms with Crippen LogP contribution in [0.25, 0.3) is 0 Å². The zero-order valence-electron chi connectivity index (χ0n) is 14.6. The van der Waals surface area contributed by atoms with Crippen LogP contribution in [-0.2, 0) is 22.5 Å². The summed E-state index contributed by atoms with van der Waals surface area (Å²) in [4.78, 5) is 26.9. The van der Waals surface area contributed by atoms with Crippen molar-refractivity contribution in [1.29, 1.82) is 5.26 Å². The number of nitriles is 1. The number of cyclic esters (lactones) is 1. The Hall–Kier alpha value is -3.13. The maximum atomic E-state index is 13.0. The van der Waals surface area contributed by atoms with Crippen molar-refractivity contribution >= 4 is 11.9 Å². The SMILES string of the molecule is CCCN(Cc1ccc(C#N)cc1)C(=O)C1Cc2ccccc2C(=O)O1. The number of ether oxygens (including phenoxy) is 1. The Bertz CT molecular complexity index is 852. The maximum absolute atomic E-state index is 13.0. The van der Waals surface area contributed by atoms with Gasteiger partial charge in [-0.1, -0.05) is 37.3 Å². The third-order valence-electron chi connectivity index (χ3n) is 4.43. The summed E-state index contributed by atoms with van der Waals surface area (Å²) < 4.78 is 5.40. The van der Waals surface area contributed by atoms with Gasteiger partial charge in [0.2, 0.25) is 0 Å². The fourth-order valence-corrected chi connectivity index (χ4v) is 3.12. The van der Waals surface area contributed by atoms with Gasteiger partial charge in [-0.2, -0.15) is 5.26 Å². The van der Waals surface area contributed by atoms with E-state index in [0.29, 0.717) is 30.6 Å². The van der Waals surface area contributed by atoms with E-state index in [4.69, 9.17) is 10.00 Å². The first-order valence-electron chi connectivity index (χ1n) is 8.69. The monoisotopic (exact) mass is 348 g/mol. The Kier molecular flexibility index (Phi) is 5.33. The van der Waals surface area contributed by atoms with Crippen LogP contribution in [0.15, 0.2) is 48.5 Å².